The minimum Gasteiger partial charge on any atom is -0.458 e. The lowest BCUT2D eigenvalue weighted by Gasteiger charge is -2.34. The van der Waals surface area contributed by atoms with Crippen molar-refractivity contribution in [2.24, 2.45) is 0 Å². The lowest BCUT2D eigenvalue weighted by Crippen LogP contribution is -2.50. The second-order valence-corrected chi connectivity index (χ2v) is 9.14. The largest absolute Gasteiger partial charge is 0.458 e. The quantitative estimate of drug-likeness (QED) is 0.610. The predicted molar refractivity (Wildman–Crippen MR) is 118 cm³/mol. The summed E-state index contributed by atoms with van der Waals surface area (Å²) in [5, 5.41) is 6.04. The van der Waals surface area contributed by atoms with Gasteiger partial charge in [0.05, 0.1) is 12.0 Å². The molecule has 3 heterocycles. The topological polar surface area (TPSA) is 83.3 Å². The summed E-state index contributed by atoms with van der Waals surface area (Å²) in [6.45, 7) is 9.11. The molecule has 2 aromatic heterocycles. The third-order valence-electron chi connectivity index (χ3n) is 5.46. The highest BCUT2D eigenvalue weighted by atomic mass is 19.1. The summed E-state index contributed by atoms with van der Waals surface area (Å²) >= 11 is 0. The fourth-order valence-corrected chi connectivity index (χ4v) is 3.89. The highest BCUT2D eigenvalue weighted by molar-refractivity contribution is 5.88. The minimum absolute atomic E-state index is 0.0306. The van der Waals surface area contributed by atoms with Crippen LogP contribution in [0.2, 0.25) is 0 Å². The van der Waals surface area contributed by atoms with Gasteiger partial charge < -0.3 is 20.0 Å². The molecular weight excluding hydrogens is 397 g/mol. The average molecular weight is 426 g/mol. The van der Waals surface area contributed by atoms with Gasteiger partial charge in [0.2, 0.25) is 0 Å². The van der Waals surface area contributed by atoms with Crippen LogP contribution < -0.4 is 10.6 Å². The van der Waals surface area contributed by atoms with Gasteiger partial charge in [-0.25, -0.2) is 19.2 Å². The number of aryl methyl sites for hydroxylation is 1. The highest BCUT2D eigenvalue weighted by Gasteiger charge is 2.28. The van der Waals surface area contributed by atoms with Crippen molar-refractivity contribution in [1.29, 1.82) is 0 Å². The van der Waals surface area contributed by atoms with Gasteiger partial charge in [0.1, 0.15) is 17.7 Å². The van der Waals surface area contributed by atoms with Gasteiger partial charge in [0, 0.05) is 24.2 Å². The van der Waals surface area contributed by atoms with Gasteiger partial charge in [-0.05, 0) is 64.2 Å². The Morgan fingerprint density at radius 1 is 1.23 bits per heavy atom. The van der Waals surface area contributed by atoms with Gasteiger partial charge >= 0.3 is 6.03 Å². The number of hydrogen-bond donors (Lipinski definition) is 2. The van der Waals surface area contributed by atoms with E-state index in [-0.39, 0.29) is 23.3 Å². The molecule has 1 aromatic carbocycles. The van der Waals surface area contributed by atoms with E-state index in [9.17, 15) is 9.18 Å². The predicted octanol–water partition coefficient (Wildman–Crippen LogP) is 5.10. The molecule has 0 unspecified atom stereocenters. The Bertz CT molecular complexity index is 1100. The molecule has 1 fully saturated rings. The summed E-state index contributed by atoms with van der Waals surface area (Å²) in [5.41, 5.74) is 3.15. The number of aromatic nitrogens is 2. The molecule has 0 spiro atoms. The normalized spacial score (nSPS) is 15.3. The summed E-state index contributed by atoms with van der Waals surface area (Å²) in [6, 6.07) is 4.96. The second-order valence-electron chi connectivity index (χ2n) is 9.14. The van der Waals surface area contributed by atoms with E-state index in [2.05, 4.69) is 20.6 Å². The Balaban J connectivity index is 1.50. The van der Waals surface area contributed by atoms with Crippen molar-refractivity contribution >= 4 is 28.6 Å². The van der Waals surface area contributed by atoms with Crippen LogP contribution >= 0.6 is 0 Å². The first-order chi connectivity index (χ1) is 14.7. The summed E-state index contributed by atoms with van der Waals surface area (Å²) in [7, 11) is 0. The standard InChI is InChI=1S/C23H28FN5O2/c1-14-5-6-18(17(24)11-14)27-21-20-19(25-13-26-21)16(12-31-20)15-7-9-29(10-8-15)22(30)28-23(2,3)4/h5-6,11-13,15H,7-10H2,1-4H3,(H,28,30)(H,25,26,27). The molecule has 0 atom stereocenters. The number of carbonyl (C=O) groups is 1. The molecule has 0 aliphatic carbocycles. The zero-order valence-corrected chi connectivity index (χ0v) is 18.3. The van der Waals surface area contributed by atoms with E-state index in [0.29, 0.717) is 30.2 Å². The molecule has 164 valence electrons. The van der Waals surface area contributed by atoms with Crippen molar-refractivity contribution in [2.75, 3.05) is 18.4 Å². The molecule has 1 aliphatic heterocycles. The first-order valence-corrected chi connectivity index (χ1v) is 10.5. The Morgan fingerprint density at radius 2 is 1.97 bits per heavy atom. The molecule has 0 radical (unpaired) electrons. The second kappa shape index (κ2) is 8.17. The number of nitrogens with zero attached hydrogens (tertiary/aromatic N) is 3. The van der Waals surface area contributed by atoms with Crippen LogP contribution in [0, 0.1) is 12.7 Å². The van der Waals surface area contributed by atoms with E-state index in [0.717, 1.165) is 29.5 Å². The summed E-state index contributed by atoms with van der Waals surface area (Å²) < 4.78 is 20.1. The van der Waals surface area contributed by atoms with Gasteiger partial charge in [-0.2, -0.15) is 0 Å². The number of halogens is 1. The van der Waals surface area contributed by atoms with Crippen molar-refractivity contribution in [1.82, 2.24) is 20.2 Å². The number of nitrogens with one attached hydrogen (secondary N) is 2. The average Bonchev–Trinajstić information content (AvgIpc) is 3.14. The van der Waals surface area contributed by atoms with E-state index in [1.807, 2.05) is 38.7 Å². The number of piperidine rings is 1. The van der Waals surface area contributed by atoms with E-state index >= 15 is 0 Å². The molecule has 8 heteroatoms. The third-order valence-corrected chi connectivity index (χ3v) is 5.46. The van der Waals surface area contributed by atoms with Crippen molar-refractivity contribution in [2.45, 2.75) is 52.0 Å². The molecule has 2 amide bonds. The SMILES string of the molecule is Cc1ccc(Nc2ncnc3c(C4CCN(C(=O)NC(C)(C)C)CC4)coc23)c(F)c1. The van der Waals surface area contributed by atoms with Gasteiger partial charge in [0.15, 0.2) is 11.4 Å². The fraction of sp³-hybridized carbons (Fsp3) is 0.435. The maximum Gasteiger partial charge on any atom is 0.317 e. The number of hydrogen-bond acceptors (Lipinski definition) is 5. The van der Waals surface area contributed by atoms with Crippen LogP contribution in [-0.2, 0) is 0 Å². The maximum atomic E-state index is 14.3. The fourth-order valence-electron chi connectivity index (χ4n) is 3.89. The van der Waals surface area contributed by atoms with E-state index in [1.54, 1.807) is 12.3 Å². The number of amides is 2. The first kappa shape index (κ1) is 21.1. The molecule has 1 aliphatic rings. The summed E-state index contributed by atoms with van der Waals surface area (Å²) in [4.78, 5) is 23.0. The van der Waals surface area contributed by atoms with Crippen LogP contribution in [0.4, 0.5) is 20.7 Å². The van der Waals surface area contributed by atoms with Gasteiger partial charge in [-0.1, -0.05) is 6.07 Å². The number of carbonyl (C=O) groups excluding carboxylic acids is 1. The molecule has 4 rings (SSSR count). The summed E-state index contributed by atoms with van der Waals surface area (Å²) in [6.07, 6.45) is 4.82. The summed E-state index contributed by atoms with van der Waals surface area (Å²) in [5.74, 6) is 0.319. The Labute approximate surface area is 181 Å². The zero-order chi connectivity index (χ0) is 22.2. The minimum atomic E-state index is -0.348. The molecule has 31 heavy (non-hydrogen) atoms. The van der Waals surface area contributed by atoms with Crippen molar-refractivity contribution < 1.29 is 13.6 Å². The number of anilines is 2. The molecule has 2 N–H and O–H groups in total. The van der Waals surface area contributed by atoms with Crippen molar-refractivity contribution in [3.63, 3.8) is 0 Å². The van der Waals surface area contributed by atoms with Gasteiger partial charge in [-0.3, -0.25) is 0 Å². The zero-order valence-electron chi connectivity index (χ0n) is 18.3. The van der Waals surface area contributed by atoms with Crippen molar-refractivity contribution in [3.05, 3.63) is 47.7 Å². The number of benzene rings is 1. The van der Waals surface area contributed by atoms with Crippen molar-refractivity contribution in [3.8, 4) is 0 Å². The number of fused-ring (bicyclic) bond motifs is 1. The van der Waals surface area contributed by atoms with Crippen LogP contribution in [0.15, 0.2) is 35.2 Å². The number of likely N-dealkylation sites (tertiary alicyclic amines) is 1. The first-order valence-electron chi connectivity index (χ1n) is 10.5. The maximum absolute atomic E-state index is 14.3. The van der Waals surface area contributed by atoms with E-state index < -0.39 is 0 Å². The lowest BCUT2D eigenvalue weighted by atomic mass is 9.90. The third kappa shape index (κ3) is 4.62. The van der Waals surface area contributed by atoms with Gasteiger partial charge in [-0.15, -0.1) is 0 Å². The van der Waals surface area contributed by atoms with E-state index in [4.69, 9.17) is 4.42 Å². The Morgan fingerprint density at radius 3 is 2.65 bits per heavy atom. The monoisotopic (exact) mass is 425 g/mol. The smallest absolute Gasteiger partial charge is 0.317 e. The van der Waals surface area contributed by atoms with E-state index in [1.165, 1.54) is 12.4 Å². The Kier molecular flexibility index (Phi) is 5.56. The van der Waals surface area contributed by atoms with Crippen LogP contribution in [0.3, 0.4) is 0 Å². The lowest BCUT2D eigenvalue weighted by molar-refractivity contribution is 0.173. The van der Waals surface area contributed by atoms with Crippen LogP contribution in [0.5, 0.6) is 0 Å². The molecule has 0 bridgehead atoms. The number of furan rings is 1. The number of rotatable bonds is 3. The van der Waals surface area contributed by atoms with Crippen LogP contribution in [0.25, 0.3) is 11.1 Å². The van der Waals surface area contributed by atoms with Crippen LogP contribution in [-0.4, -0.2) is 39.5 Å². The highest BCUT2D eigenvalue weighted by Crippen LogP contribution is 2.36. The Hall–Kier alpha value is -3.16. The molecule has 1 saturated heterocycles. The number of urea groups is 1. The molecular formula is C23H28FN5O2. The molecule has 7 nitrogen and oxygen atoms in total. The van der Waals surface area contributed by atoms with Crippen LogP contribution in [0.1, 0.15) is 50.7 Å². The van der Waals surface area contributed by atoms with Gasteiger partial charge in [0.25, 0.3) is 0 Å². The molecule has 0 saturated carbocycles. The molecule has 3 aromatic rings.